The highest BCUT2D eigenvalue weighted by Gasteiger charge is 2.13. The maximum atomic E-state index is 13.4. The topological polar surface area (TPSA) is 57.8 Å². The summed E-state index contributed by atoms with van der Waals surface area (Å²) in [4.78, 5) is 11.8. The van der Waals surface area contributed by atoms with Gasteiger partial charge in [0, 0.05) is 17.3 Å². The van der Waals surface area contributed by atoms with Crippen LogP contribution in [0.4, 0.5) is 14.5 Å². The molecule has 19 heavy (non-hydrogen) atoms. The molecule has 0 saturated carbocycles. The Morgan fingerprint density at radius 2 is 2.11 bits per heavy atom. The lowest BCUT2D eigenvalue weighted by molar-refractivity contribution is -0.115. The van der Waals surface area contributed by atoms with Crippen LogP contribution in [0.3, 0.4) is 0 Å². The zero-order valence-electron chi connectivity index (χ0n) is 10.6. The Labute approximate surface area is 108 Å². The number of carbonyl (C=O) groups is 1. The molecule has 0 spiro atoms. The van der Waals surface area contributed by atoms with E-state index >= 15 is 0 Å². The molecule has 0 atom stereocenters. The van der Waals surface area contributed by atoms with Gasteiger partial charge < -0.3 is 5.32 Å². The van der Waals surface area contributed by atoms with Gasteiger partial charge in [-0.2, -0.15) is 5.10 Å². The molecule has 1 heterocycles. The Morgan fingerprint density at radius 1 is 1.37 bits per heavy atom. The standard InChI is InChI=1S/C13H13F2N3O/c1-7-10(8(2)18-17-7)6-13(19)16-12-4-3-9(14)5-11(12)15/h3-5H,6H2,1-2H3,(H,16,19)(H,17,18). The van der Waals surface area contributed by atoms with Crippen LogP contribution in [0.1, 0.15) is 17.0 Å². The number of aryl methyl sites for hydroxylation is 2. The number of amides is 1. The Morgan fingerprint density at radius 3 is 2.68 bits per heavy atom. The lowest BCUT2D eigenvalue weighted by Gasteiger charge is -2.06. The van der Waals surface area contributed by atoms with Gasteiger partial charge in [-0.1, -0.05) is 0 Å². The summed E-state index contributed by atoms with van der Waals surface area (Å²) in [5.74, 6) is -1.86. The van der Waals surface area contributed by atoms with Gasteiger partial charge in [0.05, 0.1) is 17.8 Å². The minimum atomic E-state index is -0.797. The Bertz CT molecular complexity index is 603. The van der Waals surface area contributed by atoms with Gasteiger partial charge in [0.2, 0.25) is 5.91 Å². The molecule has 4 nitrogen and oxygen atoms in total. The van der Waals surface area contributed by atoms with E-state index in [1.807, 2.05) is 0 Å². The highest BCUT2D eigenvalue weighted by atomic mass is 19.1. The number of carbonyl (C=O) groups excluding carboxylic acids is 1. The number of hydrogen-bond acceptors (Lipinski definition) is 2. The molecule has 0 saturated heterocycles. The van der Waals surface area contributed by atoms with Gasteiger partial charge in [-0.25, -0.2) is 8.78 Å². The number of anilines is 1. The second kappa shape index (κ2) is 5.17. The summed E-state index contributed by atoms with van der Waals surface area (Å²) in [5, 5.41) is 9.16. The number of nitrogens with one attached hydrogen (secondary N) is 2. The highest BCUT2D eigenvalue weighted by molar-refractivity contribution is 5.92. The molecule has 1 aromatic heterocycles. The summed E-state index contributed by atoms with van der Waals surface area (Å²) in [6.45, 7) is 3.59. The van der Waals surface area contributed by atoms with Crippen LogP contribution in [0.25, 0.3) is 0 Å². The Kier molecular flexibility index (Phi) is 3.59. The van der Waals surface area contributed by atoms with Gasteiger partial charge in [-0.3, -0.25) is 9.89 Å². The average molecular weight is 265 g/mol. The summed E-state index contributed by atoms with van der Waals surface area (Å²) in [6, 6.07) is 3.01. The van der Waals surface area contributed by atoms with Crippen LogP contribution in [0, 0.1) is 25.5 Å². The maximum absolute atomic E-state index is 13.4. The van der Waals surface area contributed by atoms with E-state index in [1.54, 1.807) is 13.8 Å². The molecule has 1 amide bonds. The predicted molar refractivity (Wildman–Crippen MR) is 66.8 cm³/mol. The zero-order chi connectivity index (χ0) is 14.0. The summed E-state index contributed by atoms with van der Waals surface area (Å²) >= 11 is 0. The van der Waals surface area contributed by atoms with E-state index in [4.69, 9.17) is 0 Å². The van der Waals surface area contributed by atoms with Crippen LogP contribution < -0.4 is 5.32 Å². The fourth-order valence-electron chi connectivity index (χ4n) is 1.78. The monoisotopic (exact) mass is 265 g/mol. The van der Waals surface area contributed by atoms with Crippen LogP contribution in [0.2, 0.25) is 0 Å². The number of benzene rings is 1. The first kappa shape index (κ1) is 13.2. The molecule has 0 aliphatic carbocycles. The van der Waals surface area contributed by atoms with Crippen LogP contribution in [-0.2, 0) is 11.2 Å². The molecule has 0 aliphatic heterocycles. The minimum absolute atomic E-state index is 0.0369. The van der Waals surface area contributed by atoms with Crippen LogP contribution >= 0.6 is 0 Å². The molecule has 0 fully saturated rings. The first-order valence-corrected chi connectivity index (χ1v) is 5.72. The van der Waals surface area contributed by atoms with E-state index in [0.717, 1.165) is 29.1 Å². The maximum Gasteiger partial charge on any atom is 0.229 e. The van der Waals surface area contributed by atoms with Gasteiger partial charge in [-0.05, 0) is 26.0 Å². The lowest BCUT2D eigenvalue weighted by atomic mass is 10.1. The number of aromatic nitrogens is 2. The number of H-pyrrole nitrogens is 1. The Balaban J connectivity index is 2.10. The summed E-state index contributed by atoms with van der Waals surface area (Å²) in [6.07, 6.45) is 0.0883. The van der Waals surface area contributed by atoms with E-state index in [0.29, 0.717) is 0 Å². The number of nitrogens with zero attached hydrogens (tertiary/aromatic N) is 1. The van der Waals surface area contributed by atoms with Crippen molar-refractivity contribution in [1.29, 1.82) is 0 Å². The molecule has 1 aromatic carbocycles. The zero-order valence-corrected chi connectivity index (χ0v) is 10.6. The van der Waals surface area contributed by atoms with Crippen molar-refractivity contribution in [2.24, 2.45) is 0 Å². The third-order valence-corrected chi connectivity index (χ3v) is 2.82. The third-order valence-electron chi connectivity index (χ3n) is 2.82. The second-order valence-electron chi connectivity index (χ2n) is 4.26. The molecule has 0 radical (unpaired) electrons. The first-order chi connectivity index (χ1) is 8.97. The van der Waals surface area contributed by atoms with E-state index in [9.17, 15) is 13.6 Å². The van der Waals surface area contributed by atoms with E-state index < -0.39 is 11.6 Å². The van der Waals surface area contributed by atoms with Crippen molar-refractivity contribution in [1.82, 2.24) is 10.2 Å². The highest BCUT2D eigenvalue weighted by Crippen LogP contribution is 2.16. The van der Waals surface area contributed by atoms with Gasteiger partial charge in [0.1, 0.15) is 11.6 Å². The molecule has 0 unspecified atom stereocenters. The molecular formula is C13H13F2N3O. The SMILES string of the molecule is Cc1n[nH]c(C)c1CC(=O)Nc1ccc(F)cc1F. The van der Waals surface area contributed by atoms with Crippen molar-refractivity contribution in [3.63, 3.8) is 0 Å². The number of aromatic amines is 1. The Hall–Kier alpha value is -2.24. The summed E-state index contributed by atoms with van der Waals surface area (Å²) in [5.41, 5.74) is 2.27. The fourth-order valence-corrected chi connectivity index (χ4v) is 1.78. The molecule has 6 heteroatoms. The van der Waals surface area contributed by atoms with Crippen molar-refractivity contribution in [3.8, 4) is 0 Å². The predicted octanol–water partition coefficient (Wildman–Crippen LogP) is 2.49. The number of halogens is 2. The molecule has 0 bridgehead atoms. The molecule has 100 valence electrons. The van der Waals surface area contributed by atoms with E-state index in [-0.39, 0.29) is 18.0 Å². The molecule has 2 aromatic rings. The number of rotatable bonds is 3. The molecule has 2 rings (SSSR count). The van der Waals surface area contributed by atoms with Crippen molar-refractivity contribution in [2.75, 3.05) is 5.32 Å². The summed E-state index contributed by atoms with van der Waals surface area (Å²) in [7, 11) is 0. The van der Waals surface area contributed by atoms with Crippen LogP contribution in [-0.4, -0.2) is 16.1 Å². The van der Waals surface area contributed by atoms with E-state index in [2.05, 4.69) is 15.5 Å². The quantitative estimate of drug-likeness (QED) is 0.895. The minimum Gasteiger partial charge on any atom is -0.323 e. The normalized spacial score (nSPS) is 10.5. The molecule has 2 N–H and O–H groups in total. The van der Waals surface area contributed by atoms with E-state index in [1.165, 1.54) is 6.07 Å². The summed E-state index contributed by atoms with van der Waals surface area (Å²) < 4.78 is 26.1. The average Bonchev–Trinajstić information content (AvgIpc) is 2.65. The fraction of sp³-hybridized carbons (Fsp3) is 0.231. The van der Waals surface area contributed by atoms with Gasteiger partial charge >= 0.3 is 0 Å². The van der Waals surface area contributed by atoms with Gasteiger partial charge in [0.25, 0.3) is 0 Å². The largest absolute Gasteiger partial charge is 0.323 e. The van der Waals surface area contributed by atoms with Crippen molar-refractivity contribution >= 4 is 11.6 Å². The van der Waals surface area contributed by atoms with Gasteiger partial charge in [-0.15, -0.1) is 0 Å². The molecule has 0 aliphatic rings. The van der Waals surface area contributed by atoms with Gasteiger partial charge in [0.15, 0.2) is 0 Å². The third kappa shape index (κ3) is 2.96. The van der Waals surface area contributed by atoms with Crippen molar-refractivity contribution in [2.45, 2.75) is 20.3 Å². The molecular weight excluding hydrogens is 252 g/mol. The lowest BCUT2D eigenvalue weighted by Crippen LogP contribution is -2.16. The first-order valence-electron chi connectivity index (χ1n) is 5.72. The van der Waals surface area contributed by atoms with Crippen molar-refractivity contribution < 1.29 is 13.6 Å². The van der Waals surface area contributed by atoms with Crippen molar-refractivity contribution in [3.05, 3.63) is 46.8 Å². The van der Waals surface area contributed by atoms with Crippen LogP contribution in [0.5, 0.6) is 0 Å². The van der Waals surface area contributed by atoms with Crippen LogP contribution in [0.15, 0.2) is 18.2 Å². The number of hydrogen-bond donors (Lipinski definition) is 2. The second-order valence-corrected chi connectivity index (χ2v) is 4.26. The smallest absolute Gasteiger partial charge is 0.229 e.